The average Bonchev–Trinajstić information content (AvgIpc) is 2.48. The number of nitrogens with one attached hydrogen (secondary N) is 1. The number of hydrogen-bond donors (Lipinski definition) is 1. The molecule has 1 N–H and O–H groups in total. The topological polar surface area (TPSA) is 41.0 Å². The second-order valence-corrected chi connectivity index (χ2v) is 5.02. The lowest BCUT2D eigenvalue weighted by Crippen LogP contribution is -2.19. The Morgan fingerprint density at radius 1 is 1.15 bits per heavy atom. The molecule has 0 fully saturated rings. The number of aromatic nitrogens is 2. The molecule has 0 saturated carbocycles. The molecule has 0 aliphatic rings. The van der Waals surface area contributed by atoms with Crippen LogP contribution >= 0.6 is 11.6 Å². The van der Waals surface area contributed by atoms with Crippen LogP contribution in [0, 0.1) is 0 Å². The van der Waals surface area contributed by atoms with Gasteiger partial charge < -0.3 is 10.2 Å². The summed E-state index contributed by atoms with van der Waals surface area (Å²) < 4.78 is 0. The molecular weight excluding hydrogens is 272 g/mol. The molecule has 0 aliphatic carbocycles. The van der Waals surface area contributed by atoms with E-state index in [1.165, 1.54) is 0 Å². The Bertz CT molecular complexity index is 542. The molecule has 4 nitrogen and oxygen atoms in total. The van der Waals surface area contributed by atoms with Crippen LogP contribution in [0.1, 0.15) is 18.2 Å². The number of rotatable bonds is 6. The fourth-order valence-corrected chi connectivity index (χ4v) is 2.06. The van der Waals surface area contributed by atoms with Crippen LogP contribution in [-0.2, 0) is 13.1 Å². The lowest BCUT2D eigenvalue weighted by Gasteiger charge is -2.18. The first-order valence-corrected chi connectivity index (χ1v) is 7.06. The third kappa shape index (κ3) is 3.92. The van der Waals surface area contributed by atoms with E-state index in [-0.39, 0.29) is 0 Å². The molecule has 1 heterocycles. The maximum atomic E-state index is 6.17. The van der Waals surface area contributed by atoms with Crippen molar-refractivity contribution in [2.24, 2.45) is 0 Å². The van der Waals surface area contributed by atoms with E-state index in [2.05, 4.69) is 22.4 Å². The summed E-state index contributed by atoms with van der Waals surface area (Å²) in [5.74, 6) is 0.838. The van der Waals surface area contributed by atoms with Crippen molar-refractivity contribution in [3.8, 4) is 0 Å². The summed E-state index contributed by atoms with van der Waals surface area (Å²) >= 11 is 6.17. The van der Waals surface area contributed by atoms with Crippen LogP contribution in [0.4, 0.5) is 5.82 Å². The van der Waals surface area contributed by atoms with E-state index in [1.54, 1.807) is 0 Å². The average molecular weight is 291 g/mol. The third-order valence-electron chi connectivity index (χ3n) is 3.02. The molecule has 1 aromatic heterocycles. The molecule has 0 radical (unpaired) electrons. The number of halogens is 1. The Labute approximate surface area is 124 Å². The zero-order valence-corrected chi connectivity index (χ0v) is 12.6. The molecule has 0 atom stereocenters. The number of nitrogens with zero attached hydrogens (tertiary/aromatic N) is 3. The lowest BCUT2D eigenvalue weighted by atomic mass is 10.2. The van der Waals surface area contributed by atoms with Crippen LogP contribution in [0.15, 0.2) is 36.4 Å². The Hall–Kier alpha value is -1.65. The highest BCUT2D eigenvalue weighted by atomic mass is 35.5. The van der Waals surface area contributed by atoms with Gasteiger partial charge in [0, 0.05) is 25.2 Å². The molecule has 0 aliphatic heterocycles. The van der Waals surface area contributed by atoms with Crippen molar-refractivity contribution < 1.29 is 0 Å². The quantitative estimate of drug-likeness (QED) is 0.888. The van der Waals surface area contributed by atoms with Gasteiger partial charge in [-0.2, -0.15) is 5.10 Å². The summed E-state index contributed by atoms with van der Waals surface area (Å²) in [4.78, 5) is 2.03. The first kappa shape index (κ1) is 14.8. The van der Waals surface area contributed by atoms with Crippen LogP contribution < -0.4 is 10.2 Å². The second-order valence-electron chi connectivity index (χ2n) is 4.61. The summed E-state index contributed by atoms with van der Waals surface area (Å²) in [6.07, 6.45) is 0. The van der Waals surface area contributed by atoms with Crippen LogP contribution in [-0.4, -0.2) is 23.8 Å². The van der Waals surface area contributed by atoms with Gasteiger partial charge in [-0.25, -0.2) is 0 Å². The molecule has 2 aromatic rings. The van der Waals surface area contributed by atoms with E-state index < -0.39 is 0 Å². The Morgan fingerprint density at radius 3 is 2.60 bits per heavy atom. The van der Waals surface area contributed by atoms with Crippen molar-refractivity contribution in [2.45, 2.75) is 20.0 Å². The minimum Gasteiger partial charge on any atom is -0.354 e. The molecule has 0 spiro atoms. The highest BCUT2D eigenvalue weighted by Crippen LogP contribution is 2.18. The molecule has 106 valence electrons. The molecule has 0 unspecified atom stereocenters. The van der Waals surface area contributed by atoms with Crippen LogP contribution in [0.2, 0.25) is 5.02 Å². The maximum absolute atomic E-state index is 6.17. The van der Waals surface area contributed by atoms with Gasteiger partial charge in [0.05, 0.1) is 5.69 Å². The Kier molecular flexibility index (Phi) is 5.32. The molecule has 0 amide bonds. The van der Waals surface area contributed by atoms with E-state index in [9.17, 15) is 0 Å². The van der Waals surface area contributed by atoms with Crippen LogP contribution in [0.25, 0.3) is 0 Å². The zero-order chi connectivity index (χ0) is 14.4. The number of anilines is 1. The molecule has 2 rings (SSSR count). The summed E-state index contributed by atoms with van der Waals surface area (Å²) in [5, 5.41) is 12.5. The summed E-state index contributed by atoms with van der Waals surface area (Å²) in [6, 6.07) is 11.8. The monoisotopic (exact) mass is 290 g/mol. The van der Waals surface area contributed by atoms with Crippen molar-refractivity contribution in [1.82, 2.24) is 15.5 Å². The van der Waals surface area contributed by atoms with Crippen molar-refractivity contribution in [3.05, 3.63) is 52.7 Å². The summed E-state index contributed by atoms with van der Waals surface area (Å²) in [7, 11) is 1.98. The number of hydrogen-bond acceptors (Lipinski definition) is 4. The fourth-order valence-electron chi connectivity index (χ4n) is 1.87. The van der Waals surface area contributed by atoms with Crippen molar-refractivity contribution in [3.63, 3.8) is 0 Å². The molecular formula is C15H19ClN4. The van der Waals surface area contributed by atoms with E-state index in [4.69, 9.17) is 11.6 Å². The predicted molar refractivity (Wildman–Crippen MR) is 83.0 cm³/mol. The smallest absolute Gasteiger partial charge is 0.151 e. The Morgan fingerprint density at radius 2 is 1.95 bits per heavy atom. The highest BCUT2D eigenvalue weighted by molar-refractivity contribution is 6.31. The van der Waals surface area contributed by atoms with Crippen LogP contribution in [0.5, 0.6) is 0 Å². The first-order chi connectivity index (χ1) is 9.70. The van der Waals surface area contributed by atoms with Gasteiger partial charge >= 0.3 is 0 Å². The minimum atomic E-state index is 0.709. The van der Waals surface area contributed by atoms with Gasteiger partial charge in [-0.1, -0.05) is 36.7 Å². The minimum absolute atomic E-state index is 0.709. The van der Waals surface area contributed by atoms with E-state index in [0.29, 0.717) is 6.54 Å². The molecule has 20 heavy (non-hydrogen) atoms. The van der Waals surface area contributed by atoms with Crippen molar-refractivity contribution in [2.75, 3.05) is 18.5 Å². The molecule has 0 bridgehead atoms. The lowest BCUT2D eigenvalue weighted by molar-refractivity contribution is 0.696. The van der Waals surface area contributed by atoms with Gasteiger partial charge in [0.25, 0.3) is 0 Å². The predicted octanol–water partition coefficient (Wildman–Crippen LogP) is 2.88. The third-order valence-corrected chi connectivity index (χ3v) is 3.39. The summed E-state index contributed by atoms with van der Waals surface area (Å²) in [6.45, 7) is 4.45. The van der Waals surface area contributed by atoms with Gasteiger partial charge in [0.2, 0.25) is 0 Å². The number of benzene rings is 1. The molecule has 1 aromatic carbocycles. The van der Waals surface area contributed by atoms with Gasteiger partial charge in [-0.05, 0) is 30.3 Å². The zero-order valence-electron chi connectivity index (χ0n) is 11.8. The normalized spacial score (nSPS) is 10.6. The largest absolute Gasteiger partial charge is 0.354 e. The van der Waals surface area contributed by atoms with E-state index >= 15 is 0 Å². The maximum Gasteiger partial charge on any atom is 0.151 e. The van der Waals surface area contributed by atoms with Crippen LogP contribution in [0.3, 0.4) is 0 Å². The summed E-state index contributed by atoms with van der Waals surface area (Å²) in [5.41, 5.74) is 2.02. The Balaban J connectivity index is 2.02. The van der Waals surface area contributed by atoms with E-state index in [1.807, 2.05) is 48.3 Å². The fraction of sp³-hybridized carbons (Fsp3) is 0.333. The molecule has 0 saturated heterocycles. The van der Waals surface area contributed by atoms with Gasteiger partial charge in [0.15, 0.2) is 5.82 Å². The van der Waals surface area contributed by atoms with Crippen molar-refractivity contribution >= 4 is 17.4 Å². The highest BCUT2D eigenvalue weighted by Gasteiger charge is 2.07. The SMILES string of the molecule is CCNCc1ccc(N(C)Cc2ccccc2Cl)nn1. The van der Waals surface area contributed by atoms with Gasteiger partial charge in [-0.15, -0.1) is 5.10 Å². The van der Waals surface area contributed by atoms with Gasteiger partial charge in [0.1, 0.15) is 0 Å². The van der Waals surface area contributed by atoms with Crippen molar-refractivity contribution in [1.29, 1.82) is 0 Å². The second kappa shape index (κ2) is 7.22. The van der Waals surface area contributed by atoms with E-state index in [0.717, 1.165) is 35.2 Å². The molecule has 5 heteroatoms. The first-order valence-electron chi connectivity index (χ1n) is 6.68. The standard InChI is InChI=1S/C15H19ClN4/c1-3-17-10-13-8-9-15(19-18-13)20(2)11-12-6-4-5-7-14(12)16/h4-9,17H,3,10-11H2,1-2H3. The van der Waals surface area contributed by atoms with Gasteiger partial charge in [-0.3, -0.25) is 0 Å².